The molecule has 0 bridgehead atoms. The van der Waals surface area contributed by atoms with Crippen LogP contribution in [0.15, 0.2) is 42.5 Å². The van der Waals surface area contributed by atoms with Crippen LogP contribution in [0.3, 0.4) is 0 Å². The minimum Gasteiger partial charge on any atom is -0.496 e. The first-order chi connectivity index (χ1) is 10.0. The molecule has 0 spiro atoms. The number of ether oxygens (including phenoxy) is 1. The van der Waals surface area contributed by atoms with E-state index in [1.54, 1.807) is 13.2 Å². The lowest BCUT2D eigenvalue weighted by molar-refractivity contribution is 0.409. The number of halogens is 1. The molecular formula is C16H18ClN3O. The third-order valence-electron chi connectivity index (χ3n) is 3.27. The molecule has 0 saturated heterocycles. The van der Waals surface area contributed by atoms with Crippen LogP contribution < -0.4 is 15.4 Å². The minimum atomic E-state index is -0.0394. The smallest absolute Gasteiger partial charge is 0.126 e. The summed E-state index contributed by atoms with van der Waals surface area (Å²) in [5.74, 6) is 0.790. The molecule has 0 saturated carbocycles. The normalized spacial score (nSPS) is 10.2. The summed E-state index contributed by atoms with van der Waals surface area (Å²) in [5.41, 5.74) is 8.08. The topological polar surface area (TPSA) is 62.3 Å². The van der Waals surface area contributed by atoms with Crippen LogP contribution in [-0.4, -0.2) is 20.0 Å². The van der Waals surface area contributed by atoms with Crippen LogP contribution >= 0.6 is 11.6 Å². The van der Waals surface area contributed by atoms with Gasteiger partial charge in [0.1, 0.15) is 11.6 Å². The molecule has 0 amide bonds. The number of hydrogen-bond donors (Lipinski definition) is 2. The van der Waals surface area contributed by atoms with Crippen molar-refractivity contribution in [3.8, 4) is 5.75 Å². The number of nitrogen functional groups attached to an aromatic ring is 1. The van der Waals surface area contributed by atoms with Crippen molar-refractivity contribution in [3.63, 3.8) is 0 Å². The highest BCUT2D eigenvalue weighted by molar-refractivity contribution is 6.34. The van der Waals surface area contributed by atoms with Gasteiger partial charge in [-0.2, -0.15) is 0 Å². The minimum absolute atomic E-state index is 0.0394. The van der Waals surface area contributed by atoms with E-state index >= 15 is 0 Å². The predicted octanol–water partition coefficient (Wildman–Crippen LogP) is 3.27. The second kappa shape index (κ2) is 6.50. The van der Waals surface area contributed by atoms with E-state index in [0.717, 1.165) is 17.0 Å². The maximum Gasteiger partial charge on any atom is 0.126 e. The largest absolute Gasteiger partial charge is 0.496 e. The molecule has 0 aromatic heterocycles. The summed E-state index contributed by atoms with van der Waals surface area (Å²) >= 11 is 6.16. The molecule has 0 radical (unpaired) electrons. The number of nitrogens with two attached hydrogens (primary N) is 1. The number of amidine groups is 1. The number of anilines is 1. The quantitative estimate of drug-likeness (QED) is 0.658. The van der Waals surface area contributed by atoms with E-state index in [2.05, 4.69) is 0 Å². The molecule has 3 N–H and O–H groups in total. The average molecular weight is 304 g/mol. The lowest BCUT2D eigenvalue weighted by Gasteiger charge is -2.23. The van der Waals surface area contributed by atoms with Gasteiger partial charge in [0, 0.05) is 24.8 Å². The molecule has 2 rings (SSSR count). The zero-order valence-electron chi connectivity index (χ0n) is 12.1. The molecule has 0 aliphatic heterocycles. The van der Waals surface area contributed by atoms with Crippen LogP contribution in [0, 0.1) is 5.41 Å². The van der Waals surface area contributed by atoms with E-state index in [1.165, 1.54) is 0 Å². The van der Waals surface area contributed by atoms with Gasteiger partial charge in [0.15, 0.2) is 0 Å². The second-order valence-corrected chi connectivity index (χ2v) is 5.12. The average Bonchev–Trinajstić information content (AvgIpc) is 2.47. The Hall–Kier alpha value is -2.20. The van der Waals surface area contributed by atoms with Crippen LogP contribution in [0.1, 0.15) is 11.1 Å². The molecule has 110 valence electrons. The molecule has 0 heterocycles. The summed E-state index contributed by atoms with van der Waals surface area (Å²) in [4.78, 5) is 2.00. The predicted molar refractivity (Wildman–Crippen MR) is 87.6 cm³/mol. The number of nitrogens with zero attached hydrogens (tertiary/aromatic N) is 1. The molecule has 0 aliphatic rings. The number of para-hydroxylation sites is 1. The van der Waals surface area contributed by atoms with Gasteiger partial charge in [-0.1, -0.05) is 35.9 Å². The van der Waals surface area contributed by atoms with E-state index in [-0.39, 0.29) is 5.84 Å². The van der Waals surface area contributed by atoms with Gasteiger partial charge >= 0.3 is 0 Å². The van der Waals surface area contributed by atoms with Crippen molar-refractivity contribution in [3.05, 3.63) is 58.6 Å². The van der Waals surface area contributed by atoms with E-state index in [1.807, 2.05) is 48.3 Å². The van der Waals surface area contributed by atoms with Gasteiger partial charge in [0.25, 0.3) is 0 Å². The fraction of sp³-hybridized carbons (Fsp3) is 0.188. The Balaban J connectivity index is 2.35. The fourth-order valence-corrected chi connectivity index (χ4v) is 2.54. The highest BCUT2D eigenvalue weighted by Crippen LogP contribution is 2.28. The molecular weight excluding hydrogens is 286 g/mol. The summed E-state index contributed by atoms with van der Waals surface area (Å²) in [6, 6.07) is 13.3. The Kier molecular flexibility index (Phi) is 4.70. The van der Waals surface area contributed by atoms with Crippen LogP contribution in [0.4, 0.5) is 5.69 Å². The van der Waals surface area contributed by atoms with E-state index in [0.29, 0.717) is 17.1 Å². The molecule has 0 aliphatic carbocycles. The molecule has 0 unspecified atom stereocenters. The number of nitrogens with one attached hydrogen (secondary N) is 1. The zero-order chi connectivity index (χ0) is 15.4. The molecule has 2 aromatic rings. The number of hydrogen-bond acceptors (Lipinski definition) is 3. The molecule has 2 aromatic carbocycles. The van der Waals surface area contributed by atoms with Gasteiger partial charge in [-0.3, -0.25) is 5.41 Å². The third kappa shape index (κ3) is 3.28. The number of methoxy groups -OCH3 is 1. The summed E-state index contributed by atoms with van der Waals surface area (Å²) in [6.07, 6.45) is 0. The van der Waals surface area contributed by atoms with Gasteiger partial charge in [0.05, 0.1) is 17.7 Å². The summed E-state index contributed by atoms with van der Waals surface area (Å²) in [5, 5.41) is 8.19. The lowest BCUT2D eigenvalue weighted by atomic mass is 10.1. The van der Waals surface area contributed by atoms with Crippen molar-refractivity contribution in [2.24, 2.45) is 5.73 Å². The van der Waals surface area contributed by atoms with Crippen LogP contribution in [0.5, 0.6) is 5.75 Å². The van der Waals surface area contributed by atoms with Gasteiger partial charge in [-0.05, 0) is 18.2 Å². The van der Waals surface area contributed by atoms with Crippen molar-refractivity contribution in [2.75, 3.05) is 19.1 Å². The molecule has 4 nitrogen and oxygen atoms in total. The Labute approximate surface area is 129 Å². The summed E-state index contributed by atoms with van der Waals surface area (Å²) in [7, 11) is 3.59. The van der Waals surface area contributed by atoms with Crippen molar-refractivity contribution in [1.29, 1.82) is 5.41 Å². The third-order valence-corrected chi connectivity index (χ3v) is 3.59. The van der Waals surface area contributed by atoms with Crippen LogP contribution in [0.2, 0.25) is 5.02 Å². The first-order valence-corrected chi connectivity index (χ1v) is 6.88. The van der Waals surface area contributed by atoms with Crippen molar-refractivity contribution in [2.45, 2.75) is 6.54 Å². The molecule has 0 atom stereocenters. The highest BCUT2D eigenvalue weighted by Gasteiger charge is 2.14. The summed E-state index contributed by atoms with van der Waals surface area (Å²) < 4.78 is 5.36. The number of rotatable bonds is 5. The number of benzene rings is 2. The van der Waals surface area contributed by atoms with Gasteiger partial charge in [-0.15, -0.1) is 0 Å². The zero-order valence-corrected chi connectivity index (χ0v) is 12.8. The van der Waals surface area contributed by atoms with Crippen LogP contribution in [-0.2, 0) is 6.54 Å². The van der Waals surface area contributed by atoms with E-state index < -0.39 is 0 Å². The Bertz CT molecular complexity index is 658. The SMILES string of the molecule is COc1ccccc1CN(C)c1cccc(Cl)c1C(=N)N. The van der Waals surface area contributed by atoms with Gasteiger partial charge in [-0.25, -0.2) is 0 Å². The van der Waals surface area contributed by atoms with E-state index in [9.17, 15) is 0 Å². The molecule has 5 heteroatoms. The Morgan fingerprint density at radius 2 is 1.95 bits per heavy atom. The first kappa shape index (κ1) is 15.2. The Morgan fingerprint density at radius 1 is 1.24 bits per heavy atom. The summed E-state index contributed by atoms with van der Waals surface area (Å²) in [6.45, 7) is 0.630. The first-order valence-electron chi connectivity index (χ1n) is 6.50. The van der Waals surface area contributed by atoms with Crippen molar-refractivity contribution >= 4 is 23.1 Å². The van der Waals surface area contributed by atoms with Gasteiger partial charge in [0.2, 0.25) is 0 Å². The molecule has 21 heavy (non-hydrogen) atoms. The van der Waals surface area contributed by atoms with Crippen molar-refractivity contribution in [1.82, 2.24) is 0 Å². The maximum absolute atomic E-state index is 7.71. The second-order valence-electron chi connectivity index (χ2n) is 4.72. The maximum atomic E-state index is 7.71. The monoisotopic (exact) mass is 303 g/mol. The molecule has 0 fully saturated rings. The fourth-order valence-electron chi connectivity index (χ4n) is 2.27. The standard InChI is InChI=1S/C16H18ClN3O/c1-20(10-11-6-3-4-9-14(11)21-2)13-8-5-7-12(17)15(13)16(18)19/h3-9H,10H2,1-2H3,(H3,18,19). The Morgan fingerprint density at radius 3 is 2.62 bits per heavy atom. The van der Waals surface area contributed by atoms with Crippen molar-refractivity contribution < 1.29 is 4.74 Å². The highest BCUT2D eigenvalue weighted by atomic mass is 35.5. The van der Waals surface area contributed by atoms with E-state index in [4.69, 9.17) is 27.5 Å². The van der Waals surface area contributed by atoms with Gasteiger partial charge < -0.3 is 15.4 Å². The van der Waals surface area contributed by atoms with Crippen LogP contribution in [0.25, 0.3) is 0 Å². The lowest BCUT2D eigenvalue weighted by Crippen LogP contribution is -2.22.